The van der Waals surface area contributed by atoms with Gasteiger partial charge in [-0.15, -0.1) is 0 Å². The van der Waals surface area contributed by atoms with Gasteiger partial charge in [-0.1, -0.05) is 34.1 Å². The zero-order valence-electron chi connectivity index (χ0n) is 9.02. The third kappa shape index (κ3) is 4.73. The molecule has 2 nitrogen and oxygen atoms in total. The first-order valence-electron chi connectivity index (χ1n) is 4.68. The molecule has 0 spiro atoms. The molecule has 0 amide bonds. The highest BCUT2D eigenvalue weighted by Gasteiger charge is 2.22. The minimum Gasteiger partial charge on any atom is -0.240 e. The molecule has 0 heterocycles. The molecule has 0 saturated carbocycles. The van der Waals surface area contributed by atoms with E-state index in [-0.39, 0.29) is 0 Å². The highest BCUT2D eigenvalue weighted by Crippen LogP contribution is 2.30. The van der Waals surface area contributed by atoms with Crippen molar-refractivity contribution in [1.82, 2.24) is 0 Å². The van der Waals surface area contributed by atoms with Crippen molar-refractivity contribution >= 4 is 0 Å². The van der Waals surface area contributed by atoms with Gasteiger partial charge in [-0.05, 0) is 17.8 Å². The Kier molecular flexibility index (Phi) is 5.51. The SMILES string of the molecule is CCC(CCOOC)C(C)(C)C. The Hall–Kier alpha value is -0.0800. The van der Waals surface area contributed by atoms with Crippen LogP contribution in [0.15, 0.2) is 0 Å². The summed E-state index contributed by atoms with van der Waals surface area (Å²) in [6.07, 6.45) is 2.28. The van der Waals surface area contributed by atoms with Crippen LogP contribution in [0.5, 0.6) is 0 Å². The van der Waals surface area contributed by atoms with E-state index in [4.69, 9.17) is 4.89 Å². The first-order valence-corrected chi connectivity index (χ1v) is 4.68. The lowest BCUT2D eigenvalue weighted by Crippen LogP contribution is -2.21. The Balaban J connectivity index is 3.68. The van der Waals surface area contributed by atoms with Crippen molar-refractivity contribution in [3.05, 3.63) is 0 Å². The molecule has 0 aromatic rings. The molecule has 0 radical (unpaired) electrons. The zero-order chi connectivity index (χ0) is 9.61. The van der Waals surface area contributed by atoms with Crippen LogP contribution in [0.3, 0.4) is 0 Å². The lowest BCUT2D eigenvalue weighted by molar-refractivity contribution is -0.275. The number of rotatable bonds is 5. The summed E-state index contributed by atoms with van der Waals surface area (Å²) in [4.78, 5) is 9.41. The molecule has 0 N–H and O–H groups in total. The highest BCUT2D eigenvalue weighted by atomic mass is 17.2. The lowest BCUT2D eigenvalue weighted by Gasteiger charge is -2.29. The van der Waals surface area contributed by atoms with Gasteiger partial charge in [0.1, 0.15) is 0 Å². The summed E-state index contributed by atoms with van der Waals surface area (Å²) < 4.78 is 0. The molecule has 0 saturated heterocycles. The van der Waals surface area contributed by atoms with E-state index in [1.807, 2.05) is 0 Å². The molecule has 0 bridgehead atoms. The Morgan fingerprint density at radius 3 is 2.17 bits per heavy atom. The summed E-state index contributed by atoms with van der Waals surface area (Å²) in [7, 11) is 1.55. The van der Waals surface area contributed by atoms with Gasteiger partial charge in [0.05, 0.1) is 13.7 Å². The van der Waals surface area contributed by atoms with Crippen molar-refractivity contribution in [2.75, 3.05) is 13.7 Å². The van der Waals surface area contributed by atoms with Gasteiger partial charge in [0.25, 0.3) is 0 Å². The van der Waals surface area contributed by atoms with Gasteiger partial charge < -0.3 is 0 Å². The first-order chi connectivity index (χ1) is 5.52. The molecular weight excluding hydrogens is 152 g/mol. The standard InChI is InChI=1S/C10H22O2/c1-6-9(10(2,3)4)7-8-12-11-5/h9H,6-8H2,1-5H3. The van der Waals surface area contributed by atoms with E-state index in [2.05, 4.69) is 32.6 Å². The molecule has 0 aliphatic heterocycles. The summed E-state index contributed by atoms with van der Waals surface area (Å²) in [5.41, 5.74) is 0.381. The quantitative estimate of drug-likeness (QED) is 0.362. The second-order valence-corrected chi connectivity index (χ2v) is 4.25. The molecule has 0 aliphatic carbocycles. The fourth-order valence-corrected chi connectivity index (χ4v) is 1.52. The predicted octanol–water partition coefficient (Wildman–Crippen LogP) is 3.03. The number of hydrogen-bond acceptors (Lipinski definition) is 2. The summed E-state index contributed by atoms with van der Waals surface area (Å²) >= 11 is 0. The van der Waals surface area contributed by atoms with Gasteiger partial charge >= 0.3 is 0 Å². The first kappa shape index (κ1) is 11.9. The highest BCUT2D eigenvalue weighted by molar-refractivity contribution is 4.72. The normalized spacial score (nSPS) is 14.8. The van der Waals surface area contributed by atoms with Gasteiger partial charge in [-0.3, -0.25) is 0 Å². The van der Waals surface area contributed by atoms with Crippen LogP contribution in [0.4, 0.5) is 0 Å². The molecule has 0 aliphatic rings. The third-order valence-electron chi connectivity index (χ3n) is 2.39. The minimum absolute atomic E-state index is 0.381. The minimum atomic E-state index is 0.381. The lowest BCUT2D eigenvalue weighted by atomic mass is 9.77. The monoisotopic (exact) mass is 174 g/mol. The summed E-state index contributed by atoms with van der Waals surface area (Å²) in [6, 6.07) is 0. The van der Waals surface area contributed by atoms with Crippen LogP contribution in [-0.4, -0.2) is 13.7 Å². The Bertz CT molecular complexity index is 105. The van der Waals surface area contributed by atoms with Crippen molar-refractivity contribution in [1.29, 1.82) is 0 Å². The van der Waals surface area contributed by atoms with Crippen molar-refractivity contribution in [3.63, 3.8) is 0 Å². The molecule has 74 valence electrons. The molecule has 0 rings (SSSR count). The average Bonchev–Trinajstić information content (AvgIpc) is 1.95. The van der Waals surface area contributed by atoms with Gasteiger partial charge in [0, 0.05) is 0 Å². The van der Waals surface area contributed by atoms with E-state index in [1.54, 1.807) is 7.11 Å². The van der Waals surface area contributed by atoms with Crippen LogP contribution >= 0.6 is 0 Å². The van der Waals surface area contributed by atoms with E-state index in [0.29, 0.717) is 17.9 Å². The van der Waals surface area contributed by atoms with Crippen LogP contribution in [0, 0.1) is 11.3 Å². The Morgan fingerprint density at radius 2 is 1.83 bits per heavy atom. The average molecular weight is 174 g/mol. The largest absolute Gasteiger partial charge is 0.240 e. The Labute approximate surface area is 76.2 Å². The van der Waals surface area contributed by atoms with Crippen molar-refractivity contribution in [2.24, 2.45) is 11.3 Å². The van der Waals surface area contributed by atoms with E-state index >= 15 is 0 Å². The summed E-state index contributed by atoms with van der Waals surface area (Å²) in [5, 5.41) is 0. The van der Waals surface area contributed by atoms with Crippen molar-refractivity contribution < 1.29 is 9.78 Å². The zero-order valence-corrected chi connectivity index (χ0v) is 9.02. The number of hydrogen-bond donors (Lipinski definition) is 0. The van der Waals surface area contributed by atoms with Gasteiger partial charge in [-0.2, -0.15) is 0 Å². The summed E-state index contributed by atoms with van der Waals surface area (Å²) in [6.45, 7) is 9.74. The van der Waals surface area contributed by atoms with E-state index in [0.717, 1.165) is 6.42 Å². The van der Waals surface area contributed by atoms with Crippen LogP contribution in [0.2, 0.25) is 0 Å². The molecule has 0 aromatic heterocycles. The maximum Gasteiger partial charge on any atom is 0.0825 e. The van der Waals surface area contributed by atoms with Gasteiger partial charge in [0.15, 0.2) is 0 Å². The fraction of sp³-hybridized carbons (Fsp3) is 1.00. The fourth-order valence-electron chi connectivity index (χ4n) is 1.52. The second-order valence-electron chi connectivity index (χ2n) is 4.25. The van der Waals surface area contributed by atoms with Crippen LogP contribution in [0.1, 0.15) is 40.5 Å². The van der Waals surface area contributed by atoms with Gasteiger partial charge in [-0.25, -0.2) is 9.78 Å². The van der Waals surface area contributed by atoms with Crippen LogP contribution in [0.25, 0.3) is 0 Å². The molecule has 1 unspecified atom stereocenters. The van der Waals surface area contributed by atoms with E-state index in [9.17, 15) is 0 Å². The van der Waals surface area contributed by atoms with Crippen LogP contribution < -0.4 is 0 Å². The predicted molar refractivity (Wildman–Crippen MR) is 50.8 cm³/mol. The smallest absolute Gasteiger partial charge is 0.0825 e. The molecule has 1 atom stereocenters. The molecular formula is C10H22O2. The molecule has 0 fully saturated rings. The maximum absolute atomic E-state index is 4.86. The van der Waals surface area contributed by atoms with Gasteiger partial charge in [0.2, 0.25) is 0 Å². The van der Waals surface area contributed by atoms with E-state index in [1.165, 1.54) is 6.42 Å². The second kappa shape index (κ2) is 5.55. The van der Waals surface area contributed by atoms with Crippen molar-refractivity contribution in [3.8, 4) is 0 Å². The van der Waals surface area contributed by atoms with Crippen LogP contribution in [-0.2, 0) is 9.78 Å². The van der Waals surface area contributed by atoms with E-state index < -0.39 is 0 Å². The molecule has 12 heavy (non-hydrogen) atoms. The summed E-state index contributed by atoms with van der Waals surface area (Å²) in [5.74, 6) is 0.715. The Morgan fingerprint density at radius 1 is 1.25 bits per heavy atom. The van der Waals surface area contributed by atoms with Crippen molar-refractivity contribution in [2.45, 2.75) is 40.5 Å². The third-order valence-corrected chi connectivity index (χ3v) is 2.39. The molecule has 0 aromatic carbocycles. The topological polar surface area (TPSA) is 18.5 Å². The molecule has 2 heteroatoms. The maximum atomic E-state index is 4.86.